The zero-order chi connectivity index (χ0) is 12.5. The first-order chi connectivity index (χ1) is 7.97. The van der Waals surface area contributed by atoms with E-state index in [0.29, 0.717) is 12.8 Å². The summed E-state index contributed by atoms with van der Waals surface area (Å²) in [5, 5.41) is 0.122. The lowest BCUT2D eigenvalue weighted by Crippen LogP contribution is -2.17. The Hall–Kier alpha value is -0.980. The fourth-order valence-corrected chi connectivity index (χ4v) is 2.81. The van der Waals surface area contributed by atoms with E-state index in [4.69, 9.17) is 4.55 Å². The second-order valence-electron chi connectivity index (χ2n) is 3.85. The molecule has 0 bridgehead atoms. The highest BCUT2D eigenvalue weighted by molar-refractivity contribution is 7.86. The van der Waals surface area contributed by atoms with Gasteiger partial charge in [0.15, 0.2) is 0 Å². The number of para-hydroxylation sites is 1. The van der Waals surface area contributed by atoms with Crippen LogP contribution in [-0.2, 0) is 16.5 Å². The normalized spacial score (nSPS) is 14.0. The van der Waals surface area contributed by atoms with E-state index in [1.807, 2.05) is 12.1 Å². The van der Waals surface area contributed by atoms with E-state index in [-0.39, 0.29) is 0 Å². The Morgan fingerprint density at radius 1 is 1.59 bits per heavy atom. The van der Waals surface area contributed by atoms with Crippen molar-refractivity contribution >= 4 is 31.7 Å². The number of hydrogen-bond donors (Lipinski definition) is 1. The van der Waals surface area contributed by atoms with Crippen LogP contribution in [0, 0.1) is 6.07 Å². The summed E-state index contributed by atoms with van der Waals surface area (Å²) in [5.41, 5.74) is 0.812. The molecule has 2 rings (SSSR count). The highest BCUT2D eigenvalue weighted by Gasteiger charge is 2.17. The van der Waals surface area contributed by atoms with Crippen molar-refractivity contribution in [3.8, 4) is 0 Å². The van der Waals surface area contributed by atoms with E-state index in [2.05, 4.69) is 11.1 Å². The Labute approximate surface area is 104 Å². The first kappa shape index (κ1) is 12.5. The maximum Gasteiger partial charge on any atom is 0.267 e. The standard InChI is InChI=1S/C11H12NO3S2/c1-8(17(13,14)15)6-7-11-12-9-4-2-3-5-10(9)16-11/h2-3,5,8H,6-7H2,1H3,(H,13,14,15). The van der Waals surface area contributed by atoms with Crippen LogP contribution in [0.2, 0.25) is 0 Å². The average Bonchev–Trinajstić information content (AvgIpc) is 2.66. The molecular formula is C11H12NO3S2. The third-order valence-electron chi connectivity index (χ3n) is 2.53. The van der Waals surface area contributed by atoms with Gasteiger partial charge in [-0.3, -0.25) is 4.55 Å². The fraction of sp³-hybridized carbons (Fsp3) is 0.364. The van der Waals surface area contributed by atoms with Crippen LogP contribution in [0.25, 0.3) is 10.2 Å². The molecule has 1 N–H and O–H groups in total. The van der Waals surface area contributed by atoms with Crippen LogP contribution in [0.4, 0.5) is 0 Å². The second-order valence-corrected chi connectivity index (χ2v) is 6.80. The molecule has 0 saturated carbocycles. The minimum atomic E-state index is -3.93. The van der Waals surface area contributed by atoms with Crippen LogP contribution < -0.4 is 0 Å². The van der Waals surface area contributed by atoms with Crippen molar-refractivity contribution in [3.05, 3.63) is 29.3 Å². The lowest BCUT2D eigenvalue weighted by atomic mass is 10.2. The van der Waals surface area contributed by atoms with Gasteiger partial charge in [-0.15, -0.1) is 11.3 Å². The van der Waals surface area contributed by atoms with Gasteiger partial charge in [0.25, 0.3) is 10.1 Å². The van der Waals surface area contributed by atoms with Crippen LogP contribution in [0.5, 0.6) is 0 Å². The quantitative estimate of drug-likeness (QED) is 0.866. The van der Waals surface area contributed by atoms with Crippen molar-refractivity contribution in [1.82, 2.24) is 4.98 Å². The van der Waals surface area contributed by atoms with Gasteiger partial charge in [-0.2, -0.15) is 8.42 Å². The van der Waals surface area contributed by atoms with E-state index in [0.717, 1.165) is 15.2 Å². The summed E-state index contributed by atoms with van der Waals surface area (Å²) in [7, 11) is -3.93. The molecule has 1 aromatic heterocycles. The molecule has 91 valence electrons. The van der Waals surface area contributed by atoms with E-state index < -0.39 is 15.4 Å². The molecule has 0 spiro atoms. The summed E-state index contributed by atoms with van der Waals surface area (Å²) in [6, 6.07) is 8.67. The molecule has 0 aliphatic carbocycles. The fourth-order valence-electron chi connectivity index (χ4n) is 1.44. The van der Waals surface area contributed by atoms with Crippen molar-refractivity contribution in [3.63, 3.8) is 0 Å². The molecule has 1 aromatic carbocycles. The molecule has 17 heavy (non-hydrogen) atoms. The number of thiazole rings is 1. The Bertz CT molecular complexity index is 585. The van der Waals surface area contributed by atoms with Crippen LogP contribution in [-0.4, -0.2) is 23.2 Å². The number of fused-ring (bicyclic) bond motifs is 1. The van der Waals surface area contributed by atoms with Crippen molar-refractivity contribution < 1.29 is 13.0 Å². The average molecular weight is 270 g/mol. The molecule has 4 nitrogen and oxygen atoms in total. The van der Waals surface area contributed by atoms with Crippen molar-refractivity contribution in [2.45, 2.75) is 25.0 Å². The van der Waals surface area contributed by atoms with Gasteiger partial charge in [-0.1, -0.05) is 12.1 Å². The summed E-state index contributed by atoms with van der Waals surface area (Å²) in [6.45, 7) is 1.49. The molecule has 2 aromatic rings. The molecule has 0 aliphatic heterocycles. The molecule has 0 amide bonds. The Morgan fingerprint density at radius 2 is 2.35 bits per heavy atom. The van der Waals surface area contributed by atoms with Crippen LogP contribution in [0.3, 0.4) is 0 Å². The van der Waals surface area contributed by atoms with E-state index in [9.17, 15) is 8.42 Å². The summed E-state index contributed by atoms with van der Waals surface area (Å²) in [6.07, 6.45) is 0.923. The molecule has 1 atom stereocenters. The highest BCUT2D eigenvalue weighted by atomic mass is 32.2. The summed E-state index contributed by atoms with van der Waals surface area (Å²) >= 11 is 1.53. The van der Waals surface area contributed by atoms with Crippen molar-refractivity contribution in [2.24, 2.45) is 0 Å². The lowest BCUT2D eigenvalue weighted by molar-refractivity contribution is 0.466. The zero-order valence-electron chi connectivity index (χ0n) is 9.25. The van der Waals surface area contributed by atoms with Crippen LogP contribution in [0.15, 0.2) is 18.2 Å². The molecule has 1 unspecified atom stereocenters. The highest BCUT2D eigenvalue weighted by Crippen LogP contribution is 2.22. The first-order valence-corrected chi connectivity index (χ1v) is 7.51. The van der Waals surface area contributed by atoms with Crippen LogP contribution in [0.1, 0.15) is 18.4 Å². The van der Waals surface area contributed by atoms with Gasteiger partial charge >= 0.3 is 0 Å². The van der Waals surface area contributed by atoms with Crippen molar-refractivity contribution in [1.29, 1.82) is 0 Å². The van der Waals surface area contributed by atoms with Gasteiger partial charge in [-0.05, 0) is 19.4 Å². The molecule has 1 radical (unpaired) electrons. The van der Waals surface area contributed by atoms with Gasteiger partial charge in [-0.25, -0.2) is 4.98 Å². The molecular weight excluding hydrogens is 258 g/mol. The molecule has 1 heterocycles. The summed E-state index contributed by atoms with van der Waals surface area (Å²) in [4.78, 5) is 4.35. The lowest BCUT2D eigenvalue weighted by Gasteiger charge is -2.05. The maximum absolute atomic E-state index is 10.9. The smallest absolute Gasteiger partial charge is 0.267 e. The third-order valence-corrected chi connectivity index (χ3v) is 4.87. The Morgan fingerprint density at radius 3 is 3.00 bits per heavy atom. The maximum atomic E-state index is 10.9. The topological polar surface area (TPSA) is 67.3 Å². The van der Waals surface area contributed by atoms with Crippen molar-refractivity contribution in [2.75, 3.05) is 0 Å². The number of rotatable bonds is 4. The molecule has 6 heteroatoms. The number of hydrogen-bond acceptors (Lipinski definition) is 4. The number of aryl methyl sites for hydroxylation is 1. The second kappa shape index (κ2) is 4.72. The molecule has 0 saturated heterocycles. The Balaban J connectivity index is 2.09. The predicted molar refractivity (Wildman–Crippen MR) is 67.8 cm³/mol. The van der Waals surface area contributed by atoms with Gasteiger partial charge in [0.05, 0.1) is 20.5 Å². The summed E-state index contributed by atoms with van der Waals surface area (Å²) in [5.74, 6) is 0. The van der Waals surface area contributed by atoms with Gasteiger partial charge < -0.3 is 0 Å². The minimum absolute atomic E-state index is 0.374. The van der Waals surface area contributed by atoms with E-state index in [1.165, 1.54) is 18.3 Å². The van der Waals surface area contributed by atoms with Gasteiger partial charge in [0.2, 0.25) is 0 Å². The van der Waals surface area contributed by atoms with Gasteiger partial charge in [0.1, 0.15) is 0 Å². The molecule has 0 fully saturated rings. The zero-order valence-corrected chi connectivity index (χ0v) is 10.9. The number of benzene rings is 1. The third kappa shape index (κ3) is 3.02. The Kier molecular flexibility index (Phi) is 3.46. The minimum Gasteiger partial charge on any atom is -0.285 e. The van der Waals surface area contributed by atoms with E-state index in [1.54, 1.807) is 6.07 Å². The monoisotopic (exact) mass is 270 g/mol. The van der Waals surface area contributed by atoms with E-state index >= 15 is 0 Å². The predicted octanol–water partition coefficient (Wildman–Crippen LogP) is 2.31. The number of aromatic nitrogens is 1. The number of nitrogens with zero attached hydrogens (tertiary/aromatic N) is 1. The SMILES string of the molecule is CC(CCc1nc2[c]cccc2s1)S(=O)(=O)O. The molecule has 0 aliphatic rings. The largest absolute Gasteiger partial charge is 0.285 e. The van der Waals surface area contributed by atoms with Crippen LogP contribution >= 0.6 is 11.3 Å². The van der Waals surface area contributed by atoms with Gasteiger partial charge in [0, 0.05) is 12.5 Å². The summed E-state index contributed by atoms with van der Waals surface area (Å²) < 4.78 is 31.6. The first-order valence-electron chi connectivity index (χ1n) is 5.19.